The maximum Gasteiger partial charge on any atom is 0.339 e. The van der Waals surface area contributed by atoms with Crippen molar-refractivity contribution in [3.8, 4) is 17.2 Å². The van der Waals surface area contributed by atoms with E-state index in [1.54, 1.807) is 48.5 Å². The minimum atomic E-state index is -1.10. The molecule has 0 aliphatic carbocycles. The van der Waals surface area contributed by atoms with Gasteiger partial charge in [0.05, 0.1) is 26.9 Å². The zero-order valence-electron chi connectivity index (χ0n) is 17.0. The van der Waals surface area contributed by atoms with Gasteiger partial charge in [-0.25, -0.2) is 4.79 Å². The number of rotatable bonds is 8. The molecule has 6 heteroatoms. The molecule has 0 aliphatic rings. The van der Waals surface area contributed by atoms with Gasteiger partial charge in [0.25, 0.3) is 0 Å². The molecule has 30 heavy (non-hydrogen) atoms. The first-order chi connectivity index (χ1) is 14.6. The molecule has 0 amide bonds. The number of hydrogen-bond donors (Lipinski definition) is 0. The maximum atomic E-state index is 13.1. The van der Waals surface area contributed by atoms with E-state index in [0.717, 1.165) is 0 Å². The predicted octanol–water partition coefficient (Wildman–Crippen LogP) is 4.49. The molecular weight excluding hydrogens is 384 g/mol. The van der Waals surface area contributed by atoms with Gasteiger partial charge < -0.3 is 18.9 Å². The first kappa shape index (κ1) is 20.9. The van der Waals surface area contributed by atoms with Gasteiger partial charge in [-0.3, -0.25) is 4.79 Å². The molecule has 0 aromatic heterocycles. The maximum absolute atomic E-state index is 13.1. The van der Waals surface area contributed by atoms with Crippen molar-refractivity contribution in [3.63, 3.8) is 0 Å². The minimum Gasteiger partial charge on any atom is -0.493 e. The quantitative estimate of drug-likeness (QED) is 0.405. The van der Waals surface area contributed by atoms with Gasteiger partial charge in [-0.15, -0.1) is 0 Å². The van der Waals surface area contributed by atoms with E-state index < -0.39 is 12.1 Å². The van der Waals surface area contributed by atoms with Crippen LogP contribution in [0.3, 0.4) is 0 Å². The highest BCUT2D eigenvalue weighted by Gasteiger charge is 2.28. The second kappa shape index (κ2) is 9.60. The summed E-state index contributed by atoms with van der Waals surface area (Å²) in [6, 6.07) is 20.6. The van der Waals surface area contributed by atoms with Crippen LogP contribution in [0.15, 0.2) is 72.8 Å². The van der Waals surface area contributed by atoms with Crippen LogP contribution >= 0.6 is 0 Å². The Labute approximate surface area is 175 Å². The molecule has 3 rings (SSSR count). The van der Waals surface area contributed by atoms with Crippen LogP contribution in [0.2, 0.25) is 0 Å². The van der Waals surface area contributed by atoms with Gasteiger partial charge in [-0.1, -0.05) is 60.7 Å². The van der Waals surface area contributed by atoms with Crippen LogP contribution in [0.25, 0.3) is 0 Å². The summed E-state index contributed by atoms with van der Waals surface area (Å²) in [7, 11) is 4.39. The molecule has 0 spiro atoms. The molecule has 0 radical (unpaired) electrons. The summed E-state index contributed by atoms with van der Waals surface area (Å²) in [5, 5.41) is 0. The van der Waals surface area contributed by atoms with Crippen LogP contribution in [0.5, 0.6) is 17.2 Å². The van der Waals surface area contributed by atoms with E-state index in [1.807, 2.05) is 12.1 Å². The zero-order chi connectivity index (χ0) is 21.5. The van der Waals surface area contributed by atoms with Gasteiger partial charge >= 0.3 is 5.97 Å². The predicted molar refractivity (Wildman–Crippen MR) is 111 cm³/mol. The Bertz CT molecular complexity index is 989. The number of ether oxygens (including phenoxy) is 4. The van der Waals surface area contributed by atoms with Crippen molar-refractivity contribution in [2.75, 3.05) is 21.3 Å². The third-order valence-corrected chi connectivity index (χ3v) is 4.52. The number of hydrogen-bond acceptors (Lipinski definition) is 6. The number of carbonyl (C=O) groups is 2. The van der Waals surface area contributed by atoms with Crippen molar-refractivity contribution in [1.82, 2.24) is 0 Å². The van der Waals surface area contributed by atoms with Crippen molar-refractivity contribution in [3.05, 3.63) is 89.5 Å². The van der Waals surface area contributed by atoms with Gasteiger partial charge in [0.15, 0.2) is 17.6 Å². The topological polar surface area (TPSA) is 71.1 Å². The van der Waals surface area contributed by atoms with Gasteiger partial charge in [0, 0.05) is 11.1 Å². The van der Waals surface area contributed by atoms with Gasteiger partial charge in [0.2, 0.25) is 11.5 Å². The molecule has 0 bridgehead atoms. The van der Waals surface area contributed by atoms with Crippen molar-refractivity contribution in [2.24, 2.45) is 0 Å². The Kier molecular flexibility index (Phi) is 6.70. The minimum absolute atomic E-state index is 0.172. The third kappa shape index (κ3) is 4.43. The van der Waals surface area contributed by atoms with Crippen molar-refractivity contribution in [2.45, 2.75) is 6.10 Å². The second-order valence-corrected chi connectivity index (χ2v) is 6.34. The van der Waals surface area contributed by atoms with Crippen LogP contribution in [-0.4, -0.2) is 33.1 Å². The molecule has 0 fully saturated rings. The van der Waals surface area contributed by atoms with Crippen LogP contribution in [0, 0.1) is 0 Å². The van der Waals surface area contributed by atoms with Gasteiger partial charge in [-0.05, 0) is 12.1 Å². The van der Waals surface area contributed by atoms with E-state index in [1.165, 1.54) is 33.5 Å². The fraction of sp³-hybridized carbons (Fsp3) is 0.167. The number of methoxy groups -OCH3 is 3. The van der Waals surface area contributed by atoms with Gasteiger partial charge in [-0.2, -0.15) is 0 Å². The summed E-state index contributed by atoms with van der Waals surface area (Å²) in [5.74, 6) is -0.0182. The lowest BCUT2D eigenvalue weighted by atomic mass is 9.99. The molecule has 0 saturated carbocycles. The molecule has 1 atom stereocenters. The summed E-state index contributed by atoms with van der Waals surface area (Å²) in [4.78, 5) is 26.1. The molecule has 3 aromatic carbocycles. The standard InChI is InChI=1S/C24H22O6/c1-27-19-14-18(15-20(28-2)23(19)29-3)24(26)30-22(17-12-8-5-9-13-17)21(25)16-10-6-4-7-11-16/h4-15,22H,1-3H3/t22-/m1/s1. The normalized spacial score (nSPS) is 11.3. The summed E-state index contributed by atoms with van der Waals surface area (Å²) in [5.41, 5.74) is 1.20. The van der Waals surface area contributed by atoms with Gasteiger partial charge in [0.1, 0.15) is 0 Å². The first-order valence-electron chi connectivity index (χ1n) is 9.24. The number of benzene rings is 3. The Balaban J connectivity index is 1.97. The first-order valence-corrected chi connectivity index (χ1v) is 9.24. The monoisotopic (exact) mass is 406 g/mol. The van der Waals surface area contributed by atoms with Crippen molar-refractivity contribution < 1.29 is 28.5 Å². The van der Waals surface area contributed by atoms with E-state index >= 15 is 0 Å². The van der Waals surface area contributed by atoms with E-state index in [9.17, 15) is 9.59 Å². The largest absolute Gasteiger partial charge is 0.493 e. The molecule has 0 N–H and O–H groups in total. The number of Topliss-reactive ketones (excluding diaryl/α,β-unsaturated/α-hetero) is 1. The summed E-state index contributed by atoms with van der Waals surface area (Å²) >= 11 is 0. The van der Waals surface area contributed by atoms with Crippen LogP contribution < -0.4 is 14.2 Å². The van der Waals surface area contributed by atoms with E-state index in [0.29, 0.717) is 28.4 Å². The molecular formula is C24H22O6. The Morgan fingerprint density at radius 3 is 1.73 bits per heavy atom. The smallest absolute Gasteiger partial charge is 0.339 e. The average molecular weight is 406 g/mol. The van der Waals surface area contributed by atoms with E-state index in [2.05, 4.69) is 0 Å². The molecule has 3 aromatic rings. The number of esters is 1. The molecule has 154 valence electrons. The molecule has 6 nitrogen and oxygen atoms in total. The van der Waals surface area contributed by atoms with Crippen LogP contribution in [0.1, 0.15) is 32.4 Å². The van der Waals surface area contributed by atoms with Crippen LogP contribution in [0.4, 0.5) is 0 Å². The third-order valence-electron chi connectivity index (χ3n) is 4.52. The number of ketones is 1. The Morgan fingerprint density at radius 2 is 1.23 bits per heavy atom. The number of carbonyl (C=O) groups excluding carboxylic acids is 2. The molecule has 0 saturated heterocycles. The highest BCUT2D eigenvalue weighted by Crippen LogP contribution is 2.38. The lowest BCUT2D eigenvalue weighted by molar-refractivity contribution is 0.0279. The fourth-order valence-corrected chi connectivity index (χ4v) is 3.03. The summed E-state index contributed by atoms with van der Waals surface area (Å²) < 4.78 is 21.5. The van der Waals surface area contributed by atoms with Crippen molar-refractivity contribution in [1.29, 1.82) is 0 Å². The fourth-order valence-electron chi connectivity index (χ4n) is 3.03. The van der Waals surface area contributed by atoms with E-state index in [4.69, 9.17) is 18.9 Å². The highest BCUT2D eigenvalue weighted by molar-refractivity contribution is 6.02. The Hall–Kier alpha value is -3.80. The summed E-state index contributed by atoms with van der Waals surface area (Å²) in [6.07, 6.45) is -1.10. The van der Waals surface area contributed by atoms with E-state index in [-0.39, 0.29) is 11.3 Å². The zero-order valence-corrected chi connectivity index (χ0v) is 17.0. The lowest BCUT2D eigenvalue weighted by Crippen LogP contribution is -2.20. The molecule has 0 unspecified atom stereocenters. The summed E-state index contributed by atoms with van der Waals surface area (Å²) in [6.45, 7) is 0. The van der Waals surface area contributed by atoms with Crippen molar-refractivity contribution >= 4 is 11.8 Å². The molecule has 0 aliphatic heterocycles. The second-order valence-electron chi connectivity index (χ2n) is 6.34. The lowest BCUT2D eigenvalue weighted by Gasteiger charge is -2.19. The molecule has 0 heterocycles. The Morgan fingerprint density at radius 1 is 0.700 bits per heavy atom. The average Bonchev–Trinajstić information content (AvgIpc) is 2.81. The highest BCUT2D eigenvalue weighted by atomic mass is 16.5. The van der Waals surface area contributed by atoms with Crippen LogP contribution in [-0.2, 0) is 4.74 Å². The SMILES string of the molecule is COc1cc(C(=O)O[C@@H](C(=O)c2ccccc2)c2ccccc2)cc(OC)c1OC.